The Labute approximate surface area is 190 Å². The van der Waals surface area contributed by atoms with Gasteiger partial charge in [0.25, 0.3) is 0 Å². The number of aryl methyl sites for hydroxylation is 1. The smallest absolute Gasteiger partial charge is 0.193 e. The number of rotatable bonds is 7. The van der Waals surface area contributed by atoms with Crippen LogP contribution in [0.15, 0.2) is 52.6 Å². The summed E-state index contributed by atoms with van der Waals surface area (Å²) in [7, 11) is 1.98. The summed E-state index contributed by atoms with van der Waals surface area (Å²) in [5.41, 5.74) is 1.33. The fourth-order valence-electron chi connectivity index (χ4n) is 3.51. The molecule has 2 aromatic rings. The van der Waals surface area contributed by atoms with Gasteiger partial charge in [0, 0.05) is 43.0 Å². The number of likely N-dealkylation sites (tertiary alicyclic amines) is 1. The van der Waals surface area contributed by atoms with E-state index in [1.807, 2.05) is 29.7 Å². The van der Waals surface area contributed by atoms with Gasteiger partial charge < -0.3 is 10.2 Å². The van der Waals surface area contributed by atoms with Crippen molar-refractivity contribution in [2.45, 2.75) is 36.8 Å². The Hall–Kier alpha value is -1.22. The first-order valence-corrected chi connectivity index (χ1v) is 10.7. The third-order valence-corrected chi connectivity index (χ3v) is 5.88. The van der Waals surface area contributed by atoms with E-state index < -0.39 is 0 Å². The van der Waals surface area contributed by atoms with Crippen molar-refractivity contribution in [2.75, 3.05) is 26.2 Å². The molecule has 0 spiro atoms. The van der Waals surface area contributed by atoms with Crippen LogP contribution < -0.4 is 5.32 Å². The van der Waals surface area contributed by atoms with Gasteiger partial charge >= 0.3 is 0 Å². The summed E-state index contributed by atoms with van der Waals surface area (Å²) >= 11 is 1.89. The molecule has 1 aliphatic rings. The average Bonchev–Trinajstić information content (AvgIpc) is 3.29. The minimum absolute atomic E-state index is 0. The topological polar surface area (TPSA) is 45.5 Å². The quantitative estimate of drug-likeness (QED) is 0.263. The first-order chi connectivity index (χ1) is 13.1. The van der Waals surface area contributed by atoms with Gasteiger partial charge in [-0.25, -0.2) is 0 Å². The Bertz CT molecular complexity index is 733. The lowest BCUT2D eigenvalue weighted by Gasteiger charge is -2.22. The maximum absolute atomic E-state index is 4.93. The van der Waals surface area contributed by atoms with Crippen LogP contribution in [0.3, 0.4) is 0 Å². The molecule has 0 bridgehead atoms. The molecule has 1 N–H and O–H groups in total. The van der Waals surface area contributed by atoms with Gasteiger partial charge in [-0.2, -0.15) is 5.10 Å². The number of aliphatic imine (C=N–C) groups is 1. The highest BCUT2D eigenvalue weighted by molar-refractivity contribution is 14.0. The van der Waals surface area contributed by atoms with Crippen molar-refractivity contribution in [2.24, 2.45) is 18.0 Å². The second kappa shape index (κ2) is 11.7. The standard InChI is InChI=1S/C21H31N5S.HI/c1-4-22-21(23-13-17(2)27-20-8-6-5-7-9-20)26-11-10-18(16-26)12-19-14-24-25(3)15-19;/h5-9,14-15,17-18H,4,10-13,16H2,1-3H3,(H,22,23);1H. The molecule has 7 heteroatoms. The summed E-state index contributed by atoms with van der Waals surface area (Å²) in [4.78, 5) is 8.66. The number of aromatic nitrogens is 2. The van der Waals surface area contributed by atoms with Crippen LogP contribution in [0.2, 0.25) is 0 Å². The lowest BCUT2D eigenvalue weighted by atomic mass is 10.0. The summed E-state index contributed by atoms with van der Waals surface area (Å²) in [5, 5.41) is 8.23. The normalized spacial score (nSPS) is 18.0. The lowest BCUT2D eigenvalue weighted by Crippen LogP contribution is -2.40. The van der Waals surface area contributed by atoms with Gasteiger partial charge in [0.15, 0.2) is 5.96 Å². The van der Waals surface area contributed by atoms with E-state index in [1.165, 1.54) is 16.9 Å². The number of thioether (sulfide) groups is 1. The zero-order valence-corrected chi connectivity index (χ0v) is 20.2. The molecule has 28 heavy (non-hydrogen) atoms. The maximum atomic E-state index is 4.93. The molecule has 1 aliphatic heterocycles. The molecule has 1 saturated heterocycles. The van der Waals surface area contributed by atoms with E-state index in [0.29, 0.717) is 11.2 Å². The van der Waals surface area contributed by atoms with Crippen LogP contribution >= 0.6 is 35.7 Å². The molecule has 1 aromatic carbocycles. The van der Waals surface area contributed by atoms with Gasteiger partial charge in [0.05, 0.1) is 12.7 Å². The Morgan fingerprint density at radius 3 is 2.82 bits per heavy atom. The summed E-state index contributed by atoms with van der Waals surface area (Å²) in [5.74, 6) is 1.74. The first kappa shape index (κ1) is 23.1. The number of halogens is 1. The SMILES string of the molecule is CCNC(=NCC(C)Sc1ccccc1)N1CCC(Cc2cnn(C)c2)C1.I. The fourth-order valence-corrected chi connectivity index (χ4v) is 4.44. The predicted octanol–water partition coefficient (Wildman–Crippen LogP) is 4.05. The van der Waals surface area contributed by atoms with E-state index in [9.17, 15) is 0 Å². The Kier molecular flexibility index (Phi) is 9.64. The average molecular weight is 513 g/mol. The van der Waals surface area contributed by atoms with E-state index in [4.69, 9.17) is 4.99 Å². The second-order valence-corrected chi connectivity index (χ2v) is 8.78. The number of hydrogen-bond acceptors (Lipinski definition) is 3. The van der Waals surface area contributed by atoms with E-state index in [0.717, 1.165) is 38.6 Å². The van der Waals surface area contributed by atoms with Gasteiger partial charge in [0.1, 0.15) is 0 Å². The first-order valence-electron chi connectivity index (χ1n) is 9.86. The largest absolute Gasteiger partial charge is 0.357 e. The summed E-state index contributed by atoms with van der Waals surface area (Å²) in [6.45, 7) is 8.27. The van der Waals surface area contributed by atoms with Crippen molar-refractivity contribution in [1.82, 2.24) is 20.0 Å². The van der Waals surface area contributed by atoms with Crippen LogP contribution in [0.25, 0.3) is 0 Å². The van der Waals surface area contributed by atoms with E-state index in [1.54, 1.807) is 0 Å². The van der Waals surface area contributed by atoms with Crippen molar-refractivity contribution in [3.05, 3.63) is 48.3 Å². The molecule has 154 valence electrons. The zero-order valence-electron chi connectivity index (χ0n) is 17.0. The van der Waals surface area contributed by atoms with Crippen molar-refractivity contribution >= 4 is 41.7 Å². The van der Waals surface area contributed by atoms with E-state index in [-0.39, 0.29) is 24.0 Å². The molecule has 2 atom stereocenters. The van der Waals surface area contributed by atoms with Crippen molar-refractivity contribution in [3.63, 3.8) is 0 Å². The molecule has 0 aliphatic carbocycles. The van der Waals surface area contributed by atoms with Crippen LogP contribution in [-0.4, -0.2) is 52.1 Å². The minimum atomic E-state index is 0. The highest BCUT2D eigenvalue weighted by Gasteiger charge is 2.25. The van der Waals surface area contributed by atoms with Crippen molar-refractivity contribution in [1.29, 1.82) is 0 Å². The number of benzene rings is 1. The van der Waals surface area contributed by atoms with Crippen LogP contribution in [0, 0.1) is 5.92 Å². The Morgan fingerprint density at radius 2 is 2.14 bits per heavy atom. The van der Waals surface area contributed by atoms with Crippen LogP contribution in [0.4, 0.5) is 0 Å². The van der Waals surface area contributed by atoms with Crippen LogP contribution in [-0.2, 0) is 13.5 Å². The molecule has 2 unspecified atom stereocenters. The summed E-state index contributed by atoms with van der Waals surface area (Å²) in [6.07, 6.45) is 6.44. The molecule has 2 heterocycles. The number of guanidine groups is 1. The molecule has 3 rings (SSSR count). The number of hydrogen-bond donors (Lipinski definition) is 1. The Balaban J connectivity index is 0.00000280. The monoisotopic (exact) mass is 513 g/mol. The molecule has 0 radical (unpaired) electrons. The van der Waals surface area contributed by atoms with E-state index >= 15 is 0 Å². The number of nitrogens with one attached hydrogen (secondary N) is 1. The number of nitrogens with zero attached hydrogens (tertiary/aromatic N) is 4. The van der Waals surface area contributed by atoms with Gasteiger partial charge in [-0.3, -0.25) is 9.67 Å². The highest BCUT2D eigenvalue weighted by atomic mass is 127. The zero-order chi connectivity index (χ0) is 19.1. The Morgan fingerprint density at radius 1 is 1.36 bits per heavy atom. The molecule has 0 amide bonds. The molecular formula is C21H32IN5S. The predicted molar refractivity (Wildman–Crippen MR) is 130 cm³/mol. The lowest BCUT2D eigenvalue weighted by molar-refractivity contribution is 0.460. The molecule has 5 nitrogen and oxygen atoms in total. The molecule has 0 saturated carbocycles. The maximum Gasteiger partial charge on any atom is 0.193 e. The van der Waals surface area contributed by atoms with Crippen LogP contribution in [0.1, 0.15) is 25.8 Å². The van der Waals surface area contributed by atoms with Gasteiger partial charge in [-0.1, -0.05) is 25.1 Å². The summed E-state index contributed by atoms with van der Waals surface area (Å²) < 4.78 is 1.89. The third kappa shape index (κ3) is 6.99. The summed E-state index contributed by atoms with van der Waals surface area (Å²) in [6, 6.07) is 10.6. The van der Waals surface area contributed by atoms with Crippen molar-refractivity contribution < 1.29 is 0 Å². The third-order valence-electron chi connectivity index (χ3n) is 4.78. The van der Waals surface area contributed by atoms with Gasteiger partial charge in [0.2, 0.25) is 0 Å². The molecule has 1 aromatic heterocycles. The fraction of sp³-hybridized carbons (Fsp3) is 0.524. The highest BCUT2D eigenvalue weighted by Crippen LogP contribution is 2.24. The molecular weight excluding hydrogens is 481 g/mol. The second-order valence-electron chi connectivity index (χ2n) is 7.26. The van der Waals surface area contributed by atoms with Crippen LogP contribution in [0.5, 0.6) is 0 Å². The minimum Gasteiger partial charge on any atom is -0.357 e. The van der Waals surface area contributed by atoms with Gasteiger partial charge in [-0.05, 0) is 43.4 Å². The molecule has 1 fully saturated rings. The van der Waals surface area contributed by atoms with Crippen molar-refractivity contribution in [3.8, 4) is 0 Å². The van der Waals surface area contributed by atoms with Gasteiger partial charge in [-0.15, -0.1) is 35.7 Å². The van der Waals surface area contributed by atoms with E-state index in [2.05, 4.69) is 65.7 Å².